The third-order valence-electron chi connectivity index (χ3n) is 1.53. The molecule has 0 bridgehead atoms. The van der Waals surface area contributed by atoms with Crippen molar-refractivity contribution >= 4 is 27.5 Å². The van der Waals surface area contributed by atoms with Crippen molar-refractivity contribution in [2.75, 3.05) is 0 Å². The van der Waals surface area contributed by atoms with E-state index < -0.39 is 0 Å². The minimum Gasteiger partial charge on any atom is -0.221 e. The first kappa shape index (κ1) is 8.72. The van der Waals surface area contributed by atoms with Gasteiger partial charge in [0.15, 0.2) is 0 Å². The van der Waals surface area contributed by atoms with Gasteiger partial charge in [-0.25, -0.2) is 4.68 Å². The van der Waals surface area contributed by atoms with Crippen LogP contribution >= 0.6 is 27.5 Å². The smallest absolute Gasteiger partial charge is 0.0697 e. The van der Waals surface area contributed by atoms with E-state index in [0.29, 0.717) is 5.02 Å². The second kappa shape index (κ2) is 3.47. The van der Waals surface area contributed by atoms with Crippen molar-refractivity contribution in [2.45, 2.75) is 0 Å². The van der Waals surface area contributed by atoms with Crippen LogP contribution < -0.4 is 0 Å². The average molecular weight is 259 g/mol. The van der Waals surface area contributed by atoms with E-state index in [1.54, 1.807) is 17.1 Å². The zero-order valence-electron chi connectivity index (χ0n) is 6.48. The Morgan fingerprint density at radius 2 is 2.15 bits per heavy atom. The molecule has 2 aromatic rings. The molecule has 1 aromatic carbocycles. The molecule has 0 fully saturated rings. The first-order valence-corrected chi connectivity index (χ1v) is 4.75. The van der Waals surface area contributed by atoms with Gasteiger partial charge in [0, 0.05) is 9.50 Å². The van der Waals surface area contributed by atoms with E-state index in [4.69, 9.17) is 11.6 Å². The third kappa shape index (κ3) is 1.89. The molecule has 0 spiro atoms. The summed E-state index contributed by atoms with van der Waals surface area (Å²) in [4.78, 5) is 0. The first-order valence-electron chi connectivity index (χ1n) is 3.58. The summed E-state index contributed by atoms with van der Waals surface area (Å²) >= 11 is 9.23. The average Bonchev–Trinajstić information content (AvgIpc) is 2.53. The summed E-state index contributed by atoms with van der Waals surface area (Å²) in [5, 5.41) is 8.23. The molecule has 0 saturated carbocycles. The Labute approximate surface area is 88.5 Å². The number of nitrogens with zero attached hydrogens (tertiary/aromatic N) is 3. The summed E-state index contributed by atoms with van der Waals surface area (Å²) in [6, 6.07) is 5.56. The highest BCUT2D eigenvalue weighted by atomic mass is 79.9. The van der Waals surface area contributed by atoms with Gasteiger partial charge in [0.05, 0.1) is 18.1 Å². The summed E-state index contributed by atoms with van der Waals surface area (Å²) in [5.41, 5.74) is 0.886. The highest BCUT2D eigenvalue weighted by Gasteiger charge is 1.99. The van der Waals surface area contributed by atoms with Crippen molar-refractivity contribution in [2.24, 2.45) is 0 Å². The maximum atomic E-state index is 5.88. The lowest BCUT2D eigenvalue weighted by Crippen LogP contribution is -1.94. The summed E-state index contributed by atoms with van der Waals surface area (Å²) in [6.45, 7) is 0. The van der Waals surface area contributed by atoms with Crippen molar-refractivity contribution < 1.29 is 0 Å². The van der Waals surface area contributed by atoms with Gasteiger partial charge in [-0.05, 0) is 18.2 Å². The van der Waals surface area contributed by atoms with Crippen LogP contribution in [0.25, 0.3) is 5.69 Å². The molecule has 0 aliphatic heterocycles. The van der Waals surface area contributed by atoms with Crippen molar-refractivity contribution in [1.82, 2.24) is 15.0 Å². The largest absolute Gasteiger partial charge is 0.221 e. The molecule has 0 radical (unpaired) electrons. The Balaban J connectivity index is 2.53. The number of hydrogen-bond acceptors (Lipinski definition) is 2. The predicted octanol–water partition coefficient (Wildman–Crippen LogP) is 2.68. The normalized spacial score (nSPS) is 10.3. The Bertz CT molecular complexity index is 393. The van der Waals surface area contributed by atoms with Crippen molar-refractivity contribution in [3.05, 3.63) is 40.1 Å². The second-order valence-electron chi connectivity index (χ2n) is 2.48. The lowest BCUT2D eigenvalue weighted by atomic mass is 10.3. The van der Waals surface area contributed by atoms with Crippen molar-refractivity contribution in [1.29, 1.82) is 0 Å². The molecular weight excluding hydrogens is 253 g/mol. The molecule has 13 heavy (non-hydrogen) atoms. The minimum atomic E-state index is 0.667. The van der Waals surface area contributed by atoms with E-state index in [2.05, 4.69) is 26.2 Å². The monoisotopic (exact) mass is 257 g/mol. The summed E-state index contributed by atoms with van der Waals surface area (Å²) < 4.78 is 2.57. The quantitative estimate of drug-likeness (QED) is 0.787. The molecule has 3 nitrogen and oxygen atoms in total. The number of hydrogen-bond donors (Lipinski definition) is 0. The number of halogens is 2. The van der Waals surface area contributed by atoms with Crippen LogP contribution in [-0.2, 0) is 0 Å². The maximum Gasteiger partial charge on any atom is 0.0697 e. The van der Waals surface area contributed by atoms with E-state index in [1.165, 1.54) is 0 Å². The SMILES string of the molecule is Clc1cc(Br)cc(-n2ccnn2)c1. The van der Waals surface area contributed by atoms with Gasteiger partial charge in [-0.3, -0.25) is 0 Å². The number of aromatic nitrogens is 3. The second-order valence-corrected chi connectivity index (χ2v) is 3.83. The molecule has 1 aromatic heterocycles. The van der Waals surface area contributed by atoms with Crippen LogP contribution in [0, 0.1) is 0 Å². The Kier molecular flexibility index (Phi) is 2.33. The molecule has 66 valence electrons. The van der Waals surface area contributed by atoms with E-state index in [9.17, 15) is 0 Å². The van der Waals surface area contributed by atoms with E-state index in [1.807, 2.05) is 18.2 Å². The lowest BCUT2D eigenvalue weighted by molar-refractivity contribution is 0.803. The zero-order chi connectivity index (χ0) is 9.26. The molecule has 0 unspecified atom stereocenters. The van der Waals surface area contributed by atoms with Crippen LogP contribution in [0.1, 0.15) is 0 Å². The van der Waals surface area contributed by atoms with Gasteiger partial charge < -0.3 is 0 Å². The van der Waals surface area contributed by atoms with Crippen LogP contribution in [0.2, 0.25) is 5.02 Å². The lowest BCUT2D eigenvalue weighted by Gasteiger charge is -2.01. The standard InChI is InChI=1S/C8H5BrClN3/c9-6-3-7(10)5-8(4-6)13-2-1-11-12-13/h1-5H. The highest BCUT2D eigenvalue weighted by Crippen LogP contribution is 2.21. The van der Waals surface area contributed by atoms with Crippen LogP contribution in [-0.4, -0.2) is 15.0 Å². The number of benzene rings is 1. The Morgan fingerprint density at radius 3 is 2.77 bits per heavy atom. The van der Waals surface area contributed by atoms with E-state index >= 15 is 0 Å². The van der Waals surface area contributed by atoms with Gasteiger partial charge in [0.25, 0.3) is 0 Å². The van der Waals surface area contributed by atoms with E-state index in [-0.39, 0.29) is 0 Å². The first-order chi connectivity index (χ1) is 6.25. The topological polar surface area (TPSA) is 30.7 Å². The van der Waals surface area contributed by atoms with Gasteiger partial charge in [-0.15, -0.1) is 5.10 Å². The van der Waals surface area contributed by atoms with Crippen molar-refractivity contribution in [3.8, 4) is 5.69 Å². The molecule has 1 heterocycles. The molecule has 0 aliphatic carbocycles. The van der Waals surface area contributed by atoms with Crippen LogP contribution in [0.3, 0.4) is 0 Å². The summed E-state index contributed by atoms with van der Waals surface area (Å²) in [6.07, 6.45) is 3.38. The van der Waals surface area contributed by atoms with Crippen LogP contribution in [0.4, 0.5) is 0 Å². The molecule has 0 saturated heterocycles. The molecule has 5 heteroatoms. The summed E-state index contributed by atoms with van der Waals surface area (Å²) in [7, 11) is 0. The minimum absolute atomic E-state index is 0.667. The maximum absolute atomic E-state index is 5.88. The van der Waals surface area contributed by atoms with Gasteiger partial charge in [-0.1, -0.05) is 32.7 Å². The molecular formula is C8H5BrClN3. The molecule has 0 N–H and O–H groups in total. The molecule has 2 rings (SSSR count). The third-order valence-corrected chi connectivity index (χ3v) is 2.21. The van der Waals surface area contributed by atoms with Crippen molar-refractivity contribution in [3.63, 3.8) is 0 Å². The van der Waals surface area contributed by atoms with Gasteiger partial charge >= 0.3 is 0 Å². The molecule has 0 aliphatic rings. The Hall–Kier alpha value is -0.870. The predicted molar refractivity (Wildman–Crippen MR) is 54.1 cm³/mol. The van der Waals surface area contributed by atoms with Gasteiger partial charge in [0.2, 0.25) is 0 Å². The molecule has 0 amide bonds. The fourth-order valence-electron chi connectivity index (χ4n) is 1.02. The number of rotatable bonds is 1. The molecule has 0 atom stereocenters. The Morgan fingerprint density at radius 1 is 1.31 bits per heavy atom. The summed E-state index contributed by atoms with van der Waals surface area (Å²) in [5.74, 6) is 0. The fourth-order valence-corrected chi connectivity index (χ4v) is 1.86. The van der Waals surface area contributed by atoms with Crippen LogP contribution in [0.15, 0.2) is 35.1 Å². The fraction of sp³-hybridized carbons (Fsp3) is 0. The van der Waals surface area contributed by atoms with Crippen LogP contribution in [0.5, 0.6) is 0 Å². The van der Waals surface area contributed by atoms with Gasteiger partial charge in [0.1, 0.15) is 0 Å². The van der Waals surface area contributed by atoms with Gasteiger partial charge in [-0.2, -0.15) is 0 Å². The zero-order valence-corrected chi connectivity index (χ0v) is 8.83. The highest BCUT2D eigenvalue weighted by molar-refractivity contribution is 9.10. The van der Waals surface area contributed by atoms with E-state index in [0.717, 1.165) is 10.2 Å².